The third-order valence-corrected chi connectivity index (χ3v) is 3.78. The molecule has 3 nitrogen and oxygen atoms in total. The molecule has 0 saturated carbocycles. The second kappa shape index (κ2) is 6.02. The molecule has 0 aliphatic heterocycles. The van der Waals surface area contributed by atoms with Crippen molar-refractivity contribution in [3.63, 3.8) is 0 Å². The molecule has 1 heterocycles. The van der Waals surface area contributed by atoms with Gasteiger partial charge in [-0.1, -0.05) is 32.0 Å². The molecular weight excluding hydrogens is 234 g/mol. The van der Waals surface area contributed by atoms with Gasteiger partial charge in [-0.3, -0.25) is 9.88 Å². The van der Waals surface area contributed by atoms with Crippen LogP contribution in [0.1, 0.15) is 32.4 Å². The largest absolute Gasteiger partial charge is 0.398 e. The van der Waals surface area contributed by atoms with Gasteiger partial charge in [0.1, 0.15) is 0 Å². The normalized spacial score (nSPS) is 11.6. The summed E-state index contributed by atoms with van der Waals surface area (Å²) in [4.78, 5) is 7.06. The minimum absolute atomic E-state index is 0.606. The van der Waals surface area contributed by atoms with E-state index in [4.69, 9.17) is 10.7 Å². The van der Waals surface area contributed by atoms with Crippen molar-refractivity contribution in [2.45, 2.75) is 39.3 Å². The number of benzene rings is 1. The molecular formula is C16H23N3. The van der Waals surface area contributed by atoms with E-state index in [0.717, 1.165) is 41.7 Å². The summed E-state index contributed by atoms with van der Waals surface area (Å²) in [6.07, 6.45) is 2.33. The van der Waals surface area contributed by atoms with Crippen LogP contribution in [0.2, 0.25) is 0 Å². The third kappa shape index (κ3) is 3.04. The molecule has 1 aromatic carbocycles. The van der Waals surface area contributed by atoms with Gasteiger partial charge in [0.15, 0.2) is 0 Å². The van der Waals surface area contributed by atoms with E-state index in [2.05, 4.69) is 25.8 Å². The van der Waals surface area contributed by atoms with Crippen molar-refractivity contribution in [3.8, 4) is 0 Å². The first-order valence-corrected chi connectivity index (χ1v) is 7.00. The van der Waals surface area contributed by atoms with Crippen LogP contribution < -0.4 is 5.73 Å². The SMILES string of the molecule is CCC(CC)N(C)Cc1cc(N)c2ccccc2n1. The molecule has 0 saturated heterocycles. The molecule has 0 atom stereocenters. The van der Waals surface area contributed by atoms with Gasteiger partial charge in [-0.25, -0.2) is 0 Å². The van der Waals surface area contributed by atoms with Crippen LogP contribution in [-0.2, 0) is 6.54 Å². The van der Waals surface area contributed by atoms with Crippen LogP contribution in [0.5, 0.6) is 0 Å². The molecule has 0 aliphatic carbocycles. The van der Waals surface area contributed by atoms with Crippen LogP contribution in [0.3, 0.4) is 0 Å². The Kier molecular flexibility index (Phi) is 4.38. The number of aromatic nitrogens is 1. The fourth-order valence-electron chi connectivity index (χ4n) is 2.64. The molecule has 102 valence electrons. The number of fused-ring (bicyclic) bond motifs is 1. The molecule has 2 aromatic rings. The highest BCUT2D eigenvalue weighted by Gasteiger charge is 2.12. The number of anilines is 1. The molecule has 19 heavy (non-hydrogen) atoms. The lowest BCUT2D eigenvalue weighted by molar-refractivity contribution is 0.219. The predicted molar refractivity (Wildman–Crippen MR) is 82.0 cm³/mol. The Morgan fingerprint density at radius 1 is 1.21 bits per heavy atom. The number of rotatable bonds is 5. The number of nitrogen functional groups attached to an aromatic ring is 1. The number of hydrogen-bond donors (Lipinski definition) is 1. The van der Waals surface area contributed by atoms with Crippen molar-refractivity contribution in [2.24, 2.45) is 0 Å². The topological polar surface area (TPSA) is 42.1 Å². The number of hydrogen-bond acceptors (Lipinski definition) is 3. The molecule has 3 heteroatoms. The van der Waals surface area contributed by atoms with Crippen molar-refractivity contribution in [2.75, 3.05) is 12.8 Å². The lowest BCUT2D eigenvalue weighted by atomic mass is 10.1. The minimum atomic E-state index is 0.606. The molecule has 0 fully saturated rings. The monoisotopic (exact) mass is 257 g/mol. The van der Waals surface area contributed by atoms with Crippen LogP contribution in [0.4, 0.5) is 5.69 Å². The van der Waals surface area contributed by atoms with E-state index in [0.29, 0.717) is 6.04 Å². The van der Waals surface area contributed by atoms with Gasteiger partial charge >= 0.3 is 0 Å². The molecule has 0 radical (unpaired) electrons. The van der Waals surface area contributed by atoms with Gasteiger partial charge in [-0.05, 0) is 32.0 Å². The molecule has 0 spiro atoms. The van der Waals surface area contributed by atoms with E-state index >= 15 is 0 Å². The molecule has 2 N–H and O–H groups in total. The minimum Gasteiger partial charge on any atom is -0.398 e. The Morgan fingerprint density at radius 3 is 2.58 bits per heavy atom. The summed E-state index contributed by atoms with van der Waals surface area (Å²) < 4.78 is 0. The molecule has 2 rings (SSSR count). The van der Waals surface area contributed by atoms with Crippen LogP contribution in [-0.4, -0.2) is 23.0 Å². The summed E-state index contributed by atoms with van der Waals surface area (Å²) in [7, 11) is 2.16. The average Bonchev–Trinajstić information content (AvgIpc) is 2.40. The Labute approximate surface area is 115 Å². The van der Waals surface area contributed by atoms with Crippen molar-refractivity contribution in [1.82, 2.24) is 9.88 Å². The molecule has 0 unspecified atom stereocenters. The predicted octanol–water partition coefficient (Wildman–Crippen LogP) is 3.44. The molecule has 0 bridgehead atoms. The highest BCUT2D eigenvalue weighted by Crippen LogP contribution is 2.21. The first-order chi connectivity index (χ1) is 9.15. The van der Waals surface area contributed by atoms with E-state index in [9.17, 15) is 0 Å². The van der Waals surface area contributed by atoms with Crippen molar-refractivity contribution >= 4 is 16.6 Å². The van der Waals surface area contributed by atoms with E-state index in [1.54, 1.807) is 0 Å². The number of pyridine rings is 1. The van der Waals surface area contributed by atoms with Gasteiger partial charge < -0.3 is 5.73 Å². The number of para-hydroxylation sites is 1. The van der Waals surface area contributed by atoms with Gasteiger partial charge in [0.2, 0.25) is 0 Å². The second-order valence-electron chi connectivity index (χ2n) is 5.11. The lowest BCUT2D eigenvalue weighted by Gasteiger charge is -2.25. The van der Waals surface area contributed by atoms with Crippen molar-refractivity contribution in [1.29, 1.82) is 0 Å². The van der Waals surface area contributed by atoms with Crippen LogP contribution >= 0.6 is 0 Å². The Bertz CT molecular complexity index is 547. The number of nitrogens with two attached hydrogens (primary N) is 1. The zero-order chi connectivity index (χ0) is 13.8. The zero-order valence-corrected chi connectivity index (χ0v) is 12.1. The lowest BCUT2D eigenvalue weighted by Crippen LogP contribution is -2.30. The maximum atomic E-state index is 6.12. The maximum absolute atomic E-state index is 6.12. The van der Waals surface area contributed by atoms with Gasteiger partial charge in [-0.2, -0.15) is 0 Å². The Hall–Kier alpha value is -1.61. The Balaban J connectivity index is 2.26. The van der Waals surface area contributed by atoms with E-state index in [-0.39, 0.29) is 0 Å². The van der Waals surface area contributed by atoms with Gasteiger partial charge in [0.05, 0.1) is 11.2 Å². The Morgan fingerprint density at radius 2 is 1.89 bits per heavy atom. The third-order valence-electron chi connectivity index (χ3n) is 3.78. The first kappa shape index (κ1) is 13.8. The quantitative estimate of drug-likeness (QED) is 0.892. The standard InChI is InChI=1S/C16H23N3/c1-4-13(5-2)19(3)11-12-10-15(17)14-8-6-7-9-16(14)18-12/h6-10,13H,4-5,11H2,1-3H3,(H2,17,18). The summed E-state index contributed by atoms with van der Waals surface area (Å²) in [5.74, 6) is 0. The average molecular weight is 257 g/mol. The summed E-state index contributed by atoms with van der Waals surface area (Å²) in [6, 6.07) is 10.6. The maximum Gasteiger partial charge on any atom is 0.0726 e. The van der Waals surface area contributed by atoms with Crippen molar-refractivity contribution in [3.05, 3.63) is 36.0 Å². The summed E-state index contributed by atoms with van der Waals surface area (Å²) in [5.41, 5.74) is 8.96. The van der Waals surface area contributed by atoms with Crippen molar-refractivity contribution < 1.29 is 0 Å². The molecule has 1 aromatic heterocycles. The van der Waals surface area contributed by atoms with E-state index in [1.807, 2.05) is 30.3 Å². The van der Waals surface area contributed by atoms with Crippen LogP contribution in [0.15, 0.2) is 30.3 Å². The fraction of sp³-hybridized carbons (Fsp3) is 0.438. The second-order valence-corrected chi connectivity index (χ2v) is 5.11. The molecule has 0 amide bonds. The van der Waals surface area contributed by atoms with Gasteiger partial charge in [-0.15, -0.1) is 0 Å². The summed E-state index contributed by atoms with van der Waals surface area (Å²) in [5, 5.41) is 1.04. The van der Waals surface area contributed by atoms with E-state index < -0.39 is 0 Å². The van der Waals surface area contributed by atoms with Crippen LogP contribution in [0.25, 0.3) is 10.9 Å². The highest BCUT2D eigenvalue weighted by molar-refractivity contribution is 5.90. The van der Waals surface area contributed by atoms with Gasteiger partial charge in [0, 0.05) is 23.7 Å². The smallest absolute Gasteiger partial charge is 0.0726 e. The van der Waals surface area contributed by atoms with Crippen LogP contribution in [0, 0.1) is 0 Å². The molecule has 0 aliphatic rings. The summed E-state index contributed by atoms with van der Waals surface area (Å²) in [6.45, 7) is 5.31. The van der Waals surface area contributed by atoms with E-state index in [1.165, 1.54) is 0 Å². The number of nitrogens with zero attached hydrogens (tertiary/aromatic N) is 2. The zero-order valence-electron chi connectivity index (χ0n) is 12.1. The summed E-state index contributed by atoms with van der Waals surface area (Å²) >= 11 is 0. The highest BCUT2D eigenvalue weighted by atomic mass is 15.1. The first-order valence-electron chi connectivity index (χ1n) is 7.00. The van der Waals surface area contributed by atoms with Gasteiger partial charge in [0.25, 0.3) is 0 Å². The fourth-order valence-corrected chi connectivity index (χ4v) is 2.64.